The molecule has 21 heavy (non-hydrogen) atoms. The van der Waals surface area contributed by atoms with Crippen molar-refractivity contribution in [2.24, 2.45) is 11.1 Å². The van der Waals surface area contributed by atoms with Crippen LogP contribution in [0.25, 0.3) is 0 Å². The molecule has 0 radical (unpaired) electrons. The Morgan fingerprint density at radius 3 is 2.29 bits per heavy atom. The lowest BCUT2D eigenvalue weighted by atomic mass is 9.69. The largest absolute Gasteiger partial charge is 0.389 e. The van der Waals surface area contributed by atoms with Gasteiger partial charge in [-0.1, -0.05) is 30.3 Å². The van der Waals surface area contributed by atoms with E-state index in [1.165, 1.54) is 5.56 Å². The molecule has 116 valence electrons. The first-order chi connectivity index (χ1) is 9.78. The van der Waals surface area contributed by atoms with Crippen LogP contribution >= 0.6 is 0 Å². The number of amides is 1. The lowest BCUT2D eigenvalue weighted by Crippen LogP contribution is -2.57. The molecule has 0 aromatic heterocycles. The van der Waals surface area contributed by atoms with Crippen molar-refractivity contribution < 1.29 is 9.90 Å². The van der Waals surface area contributed by atoms with Gasteiger partial charge in [-0.15, -0.1) is 0 Å². The Hall–Kier alpha value is -1.39. The predicted molar refractivity (Wildman–Crippen MR) is 83.6 cm³/mol. The normalized spacial score (nSPS) is 21.0. The average Bonchev–Trinajstić information content (AvgIpc) is 2.48. The van der Waals surface area contributed by atoms with Gasteiger partial charge < -0.3 is 10.8 Å². The topological polar surface area (TPSA) is 66.6 Å². The van der Waals surface area contributed by atoms with Crippen molar-refractivity contribution in [3.63, 3.8) is 0 Å². The highest BCUT2D eigenvalue weighted by molar-refractivity contribution is 5.81. The molecule has 0 saturated carbocycles. The molecule has 0 aliphatic carbocycles. The Morgan fingerprint density at radius 2 is 1.81 bits per heavy atom. The summed E-state index contributed by atoms with van der Waals surface area (Å²) in [7, 11) is 0. The van der Waals surface area contributed by atoms with Crippen LogP contribution in [-0.4, -0.2) is 34.6 Å². The molecule has 1 aromatic carbocycles. The molecule has 0 bridgehead atoms. The van der Waals surface area contributed by atoms with Gasteiger partial charge in [0.25, 0.3) is 0 Å². The molecule has 4 heteroatoms. The molecule has 1 fully saturated rings. The molecule has 3 N–H and O–H groups in total. The smallest absolute Gasteiger partial charge is 0.225 e. The van der Waals surface area contributed by atoms with Crippen LogP contribution in [0.5, 0.6) is 0 Å². The zero-order chi connectivity index (χ0) is 15.7. The minimum absolute atomic E-state index is 0.312. The van der Waals surface area contributed by atoms with Crippen molar-refractivity contribution in [3.05, 3.63) is 35.9 Å². The van der Waals surface area contributed by atoms with Gasteiger partial charge in [-0.3, -0.25) is 9.69 Å². The van der Waals surface area contributed by atoms with Crippen LogP contribution in [0.4, 0.5) is 0 Å². The highest BCUT2D eigenvalue weighted by atomic mass is 16.3. The Labute approximate surface area is 126 Å². The minimum atomic E-state index is -1.01. The van der Waals surface area contributed by atoms with Crippen molar-refractivity contribution >= 4 is 5.91 Å². The summed E-state index contributed by atoms with van der Waals surface area (Å²) in [6.45, 7) is 7.20. The number of piperidine rings is 1. The molecule has 1 unspecified atom stereocenters. The maximum absolute atomic E-state index is 11.6. The van der Waals surface area contributed by atoms with E-state index in [9.17, 15) is 9.90 Å². The molecule has 1 amide bonds. The zero-order valence-electron chi connectivity index (χ0n) is 13.2. The minimum Gasteiger partial charge on any atom is -0.389 e. The number of likely N-dealkylation sites (tertiary alicyclic amines) is 1. The monoisotopic (exact) mass is 290 g/mol. The van der Waals surface area contributed by atoms with E-state index in [-0.39, 0.29) is 0 Å². The molecule has 0 spiro atoms. The van der Waals surface area contributed by atoms with Gasteiger partial charge in [-0.05, 0) is 39.2 Å². The zero-order valence-corrected chi connectivity index (χ0v) is 13.2. The van der Waals surface area contributed by atoms with Crippen LogP contribution in [0.3, 0.4) is 0 Å². The first kappa shape index (κ1) is 16.0. The Balaban J connectivity index is 2.05. The van der Waals surface area contributed by atoms with Crippen molar-refractivity contribution in [2.75, 3.05) is 13.1 Å². The van der Waals surface area contributed by atoms with Gasteiger partial charge in [-0.2, -0.15) is 0 Å². The summed E-state index contributed by atoms with van der Waals surface area (Å²) in [5.74, 6) is -0.436. The Kier molecular flexibility index (Phi) is 4.40. The second kappa shape index (κ2) is 5.78. The number of rotatable bonds is 4. The number of nitrogens with zero attached hydrogens (tertiary/aromatic N) is 1. The van der Waals surface area contributed by atoms with Crippen LogP contribution < -0.4 is 5.73 Å². The van der Waals surface area contributed by atoms with Gasteiger partial charge in [0.1, 0.15) is 0 Å². The summed E-state index contributed by atoms with van der Waals surface area (Å²) < 4.78 is 0. The maximum atomic E-state index is 11.6. The molecule has 1 aromatic rings. The van der Waals surface area contributed by atoms with E-state index >= 15 is 0 Å². The molecule has 1 atom stereocenters. The van der Waals surface area contributed by atoms with Gasteiger partial charge in [0.15, 0.2) is 0 Å². The third-order valence-corrected chi connectivity index (χ3v) is 5.23. The van der Waals surface area contributed by atoms with E-state index in [2.05, 4.69) is 24.0 Å². The highest BCUT2D eigenvalue weighted by Crippen LogP contribution is 2.40. The van der Waals surface area contributed by atoms with Gasteiger partial charge in [0.2, 0.25) is 5.91 Å². The number of aliphatic hydroxyl groups is 1. The highest BCUT2D eigenvalue weighted by Gasteiger charge is 2.49. The lowest BCUT2D eigenvalue weighted by molar-refractivity contribution is -0.151. The van der Waals surface area contributed by atoms with Crippen LogP contribution in [-0.2, 0) is 4.79 Å². The van der Waals surface area contributed by atoms with E-state index in [1.54, 1.807) is 13.8 Å². The van der Waals surface area contributed by atoms with Gasteiger partial charge in [-0.25, -0.2) is 0 Å². The number of benzene rings is 1. The first-order valence-electron chi connectivity index (χ1n) is 7.59. The van der Waals surface area contributed by atoms with Crippen LogP contribution in [0.15, 0.2) is 30.3 Å². The number of primary amides is 1. The summed E-state index contributed by atoms with van der Waals surface area (Å²) in [5, 5.41) is 10.8. The summed E-state index contributed by atoms with van der Waals surface area (Å²) in [4.78, 5) is 14.0. The fourth-order valence-corrected chi connectivity index (χ4v) is 3.08. The van der Waals surface area contributed by atoms with Crippen LogP contribution in [0, 0.1) is 5.41 Å². The average molecular weight is 290 g/mol. The quantitative estimate of drug-likeness (QED) is 0.892. The van der Waals surface area contributed by atoms with Gasteiger partial charge in [0, 0.05) is 19.1 Å². The Morgan fingerprint density at radius 1 is 1.29 bits per heavy atom. The third kappa shape index (κ3) is 2.97. The maximum Gasteiger partial charge on any atom is 0.225 e. The molecular weight excluding hydrogens is 264 g/mol. The van der Waals surface area contributed by atoms with Crippen molar-refractivity contribution in [3.8, 4) is 0 Å². The van der Waals surface area contributed by atoms with Gasteiger partial charge >= 0.3 is 0 Å². The van der Waals surface area contributed by atoms with E-state index in [4.69, 9.17) is 5.73 Å². The molecule has 1 aliphatic heterocycles. The summed E-state index contributed by atoms with van der Waals surface area (Å²) in [6.07, 6.45) is 1.14. The number of carbonyl (C=O) groups excluding carboxylic acids is 1. The second-order valence-corrected chi connectivity index (χ2v) is 6.64. The number of nitrogens with two attached hydrogens (primary N) is 1. The number of carbonyl (C=O) groups is 1. The van der Waals surface area contributed by atoms with Crippen molar-refractivity contribution in [1.82, 2.24) is 4.90 Å². The fraction of sp³-hybridized carbons (Fsp3) is 0.588. The van der Waals surface area contributed by atoms with Crippen molar-refractivity contribution in [1.29, 1.82) is 0 Å². The molecule has 1 aliphatic rings. The van der Waals surface area contributed by atoms with E-state index < -0.39 is 16.9 Å². The molecular formula is C17H26N2O2. The summed E-state index contributed by atoms with van der Waals surface area (Å²) >= 11 is 0. The second-order valence-electron chi connectivity index (χ2n) is 6.64. The van der Waals surface area contributed by atoms with Crippen LogP contribution in [0.2, 0.25) is 0 Å². The molecule has 1 heterocycles. The van der Waals surface area contributed by atoms with E-state index in [1.807, 2.05) is 18.2 Å². The fourth-order valence-electron chi connectivity index (χ4n) is 3.08. The molecule has 1 saturated heterocycles. The van der Waals surface area contributed by atoms with E-state index in [0.717, 1.165) is 13.1 Å². The summed E-state index contributed by atoms with van der Waals surface area (Å²) in [5.41, 5.74) is 4.83. The van der Waals surface area contributed by atoms with Gasteiger partial charge in [0.05, 0.1) is 11.0 Å². The predicted octanol–water partition coefficient (Wildman–Crippen LogP) is 2.09. The SMILES string of the molecule is CC(c1ccccc1)N1CCC(O)(C(C)(C)C(N)=O)CC1. The van der Waals surface area contributed by atoms with E-state index in [0.29, 0.717) is 18.9 Å². The third-order valence-electron chi connectivity index (χ3n) is 5.23. The van der Waals surface area contributed by atoms with Crippen LogP contribution in [0.1, 0.15) is 45.2 Å². The number of hydrogen-bond acceptors (Lipinski definition) is 3. The lowest BCUT2D eigenvalue weighted by Gasteiger charge is -2.47. The van der Waals surface area contributed by atoms with Crippen molar-refractivity contribution in [2.45, 2.75) is 45.3 Å². The molecule has 2 rings (SSSR count). The standard InChI is InChI=1S/C17H26N2O2/c1-13(14-7-5-4-6-8-14)19-11-9-17(21,10-12-19)16(2,3)15(18)20/h4-8,13,21H,9-12H2,1-3H3,(H2,18,20). The summed E-state index contributed by atoms with van der Waals surface area (Å²) in [6, 6.07) is 10.7. The number of hydrogen-bond donors (Lipinski definition) is 2. The Bertz CT molecular complexity index is 491. The molecule has 4 nitrogen and oxygen atoms in total. The first-order valence-corrected chi connectivity index (χ1v) is 7.59.